The fourth-order valence-corrected chi connectivity index (χ4v) is 5.23. The number of piperazine rings is 1. The minimum absolute atomic E-state index is 0.0103. The van der Waals surface area contributed by atoms with Gasteiger partial charge < -0.3 is 19.7 Å². The van der Waals surface area contributed by atoms with Crippen LogP contribution in [-0.4, -0.2) is 103 Å². The summed E-state index contributed by atoms with van der Waals surface area (Å²) in [5, 5.41) is 20.6. The minimum atomic E-state index is -1.74. The number of allylic oxidation sites excluding steroid dienone is 1. The Morgan fingerprint density at radius 2 is 1.91 bits per heavy atom. The number of ketones is 2. The summed E-state index contributed by atoms with van der Waals surface area (Å²) < 4.78 is 11.5. The highest BCUT2D eigenvalue weighted by molar-refractivity contribution is 6.34. The molecular formula is C25H32ClN3O6. The highest BCUT2D eigenvalue weighted by atomic mass is 35.5. The van der Waals surface area contributed by atoms with Crippen LogP contribution in [0.1, 0.15) is 29.3 Å². The molecule has 10 heteroatoms. The number of β-amino-alcohol motifs (C(OH)–C–C–N with tert-alkyl or cyclic N) is 1. The predicted molar refractivity (Wildman–Crippen MR) is 132 cm³/mol. The van der Waals surface area contributed by atoms with Crippen LogP contribution in [0.3, 0.4) is 0 Å². The number of benzene rings is 1. The van der Waals surface area contributed by atoms with Crippen molar-refractivity contribution in [3.05, 3.63) is 33.5 Å². The molecule has 0 aromatic heterocycles. The monoisotopic (exact) mass is 505 g/mol. The zero-order chi connectivity index (χ0) is 25.3. The number of aliphatic hydroxyl groups excluding tert-OH is 2. The number of Topliss-reactive ketones (excluding diaryl/α,β-unsaturated/α-hetero) is 2. The molecule has 1 fully saturated rings. The molecule has 35 heavy (non-hydrogen) atoms. The average Bonchev–Trinajstić information content (AvgIpc) is 3.15. The van der Waals surface area contributed by atoms with E-state index in [2.05, 4.69) is 14.8 Å². The molecule has 4 rings (SSSR count). The van der Waals surface area contributed by atoms with E-state index in [-0.39, 0.29) is 40.7 Å². The summed E-state index contributed by atoms with van der Waals surface area (Å²) in [6.45, 7) is 9.02. The molecule has 2 N–H and O–H groups in total. The number of hydrogen-bond acceptors (Lipinski definition) is 9. The van der Waals surface area contributed by atoms with E-state index in [1.54, 1.807) is 19.9 Å². The second-order valence-corrected chi connectivity index (χ2v) is 9.69. The number of rotatable bonds is 7. The molecule has 3 aliphatic rings. The molecule has 1 aromatic rings. The van der Waals surface area contributed by atoms with Gasteiger partial charge >= 0.3 is 0 Å². The molecule has 190 valence electrons. The number of fused-ring (bicyclic) bond motifs is 1. The third kappa shape index (κ3) is 4.46. The van der Waals surface area contributed by atoms with Crippen molar-refractivity contribution in [3.8, 4) is 11.5 Å². The van der Waals surface area contributed by atoms with Gasteiger partial charge in [0.1, 0.15) is 11.3 Å². The molecule has 0 amide bonds. The lowest BCUT2D eigenvalue weighted by atomic mass is 9.73. The highest BCUT2D eigenvalue weighted by Crippen LogP contribution is 2.52. The quantitative estimate of drug-likeness (QED) is 0.542. The lowest BCUT2D eigenvalue weighted by Crippen LogP contribution is -2.52. The van der Waals surface area contributed by atoms with Gasteiger partial charge in [0, 0.05) is 57.8 Å². The third-order valence-corrected chi connectivity index (χ3v) is 7.62. The average molecular weight is 506 g/mol. The van der Waals surface area contributed by atoms with Crippen molar-refractivity contribution in [2.45, 2.75) is 25.9 Å². The SMILES string of the molecule is COc1cc(C)c(Cl)c2c1C(=O)[C@@]1(O2)C(O)=C(C=NCCN2CCN(CCO)CC2)C(=O)C[C@H]1C. The first-order valence-electron chi connectivity index (χ1n) is 11.9. The third-order valence-electron chi connectivity index (χ3n) is 7.15. The van der Waals surface area contributed by atoms with Crippen LogP contribution in [0.25, 0.3) is 0 Å². The molecule has 1 saturated heterocycles. The summed E-state index contributed by atoms with van der Waals surface area (Å²) in [5.41, 5.74) is -0.906. The first kappa shape index (κ1) is 25.6. The van der Waals surface area contributed by atoms with E-state index in [9.17, 15) is 14.7 Å². The van der Waals surface area contributed by atoms with Gasteiger partial charge in [-0.2, -0.15) is 0 Å². The van der Waals surface area contributed by atoms with Gasteiger partial charge in [0.05, 0.1) is 30.9 Å². The first-order chi connectivity index (χ1) is 16.7. The van der Waals surface area contributed by atoms with Crippen LogP contribution < -0.4 is 9.47 Å². The molecule has 2 aliphatic heterocycles. The minimum Gasteiger partial charge on any atom is -0.507 e. The van der Waals surface area contributed by atoms with E-state index in [4.69, 9.17) is 26.2 Å². The number of ether oxygens (including phenoxy) is 2. The number of nitrogens with zero attached hydrogens (tertiary/aromatic N) is 3. The van der Waals surface area contributed by atoms with E-state index < -0.39 is 23.1 Å². The number of aliphatic hydroxyl groups is 2. The molecule has 0 bridgehead atoms. The number of carbonyl (C=O) groups excluding carboxylic acids is 2. The largest absolute Gasteiger partial charge is 0.507 e. The summed E-state index contributed by atoms with van der Waals surface area (Å²) >= 11 is 6.45. The van der Waals surface area contributed by atoms with Gasteiger partial charge in [0.25, 0.3) is 0 Å². The first-order valence-corrected chi connectivity index (χ1v) is 12.3. The Morgan fingerprint density at radius 1 is 1.26 bits per heavy atom. The van der Waals surface area contributed by atoms with Crippen molar-refractivity contribution in [3.63, 3.8) is 0 Å². The number of aryl methyl sites for hydroxylation is 1. The number of methoxy groups -OCH3 is 1. The lowest BCUT2D eigenvalue weighted by molar-refractivity contribution is -0.118. The number of hydrogen-bond donors (Lipinski definition) is 2. The molecule has 2 atom stereocenters. The Balaban J connectivity index is 1.55. The van der Waals surface area contributed by atoms with E-state index in [0.29, 0.717) is 30.9 Å². The Labute approximate surface area is 210 Å². The summed E-state index contributed by atoms with van der Waals surface area (Å²) in [6.07, 6.45) is 1.38. The molecule has 0 unspecified atom stereocenters. The fourth-order valence-electron chi connectivity index (χ4n) is 5.04. The van der Waals surface area contributed by atoms with E-state index in [1.165, 1.54) is 13.3 Å². The second kappa shape index (κ2) is 10.3. The molecule has 1 spiro atoms. The highest BCUT2D eigenvalue weighted by Gasteiger charge is 2.60. The zero-order valence-electron chi connectivity index (χ0n) is 20.3. The van der Waals surface area contributed by atoms with E-state index >= 15 is 0 Å². The summed E-state index contributed by atoms with van der Waals surface area (Å²) in [6, 6.07) is 1.66. The van der Waals surface area contributed by atoms with Crippen molar-refractivity contribution in [1.82, 2.24) is 9.80 Å². The zero-order valence-corrected chi connectivity index (χ0v) is 21.1. The van der Waals surface area contributed by atoms with Crippen LogP contribution >= 0.6 is 11.6 Å². The Morgan fingerprint density at radius 3 is 2.54 bits per heavy atom. The predicted octanol–water partition coefficient (Wildman–Crippen LogP) is 2.07. The van der Waals surface area contributed by atoms with E-state index in [1.807, 2.05) is 0 Å². The number of aliphatic imine (C=N–C) groups is 1. The maximum atomic E-state index is 13.7. The van der Waals surface area contributed by atoms with Gasteiger partial charge in [-0.1, -0.05) is 18.5 Å². The number of carbonyl (C=O) groups is 2. The fraction of sp³-hybridized carbons (Fsp3) is 0.560. The van der Waals surface area contributed by atoms with Crippen molar-refractivity contribution in [2.75, 3.05) is 59.5 Å². The van der Waals surface area contributed by atoms with Crippen LogP contribution in [0.15, 0.2) is 22.4 Å². The lowest BCUT2D eigenvalue weighted by Gasteiger charge is -2.36. The molecule has 0 radical (unpaired) electrons. The van der Waals surface area contributed by atoms with Gasteiger partial charge in [-0.05, 0) is 18.6 Å². The van der Waals surface area contributed by atoms with Gasteiger partial charge in [0.15, 0.2) is 17.3 Å². The molecule has 1 aliphatic carbocycles. The summed E-state index contributed by atoms with van der Waals surface area (Å²) in [7, 11) is 1.45. The van der Waals surface area contributed by atoms with E-state index in [0.717, 1.165) is 26.2 Å². The molecule has 9 nitrogen and oxygen atoms in total. The van der Waals surface area contributed by atoms with Crippen LogP contribution in [0.2, 0.25) is 5.02 Å². The molecule has 0 saturated carbocycles. The van der Waals surface area contributed by atoms with Gasteiger partial charge in [-0.25, -0.2) is 0 Å². The van der Waals surface area contributed by atoms with Crippen LogP contribution in [0, 0.1) is 12.8 Å². The topological polar surface area (TPSA) is 112 Å². The van der Waals surface area contributed by atoms with Crippen molar-refractivity contribution >= 4 is 29.4 Å². The Kier molecular flexibility index (Phi) is 7.51. The van der Waals surface area contributed by atoms with Gasteiger partial charge in [-0.3, -0.25) is 24.4 Å². The van der Waals surface area contributed by atoms with Crippen molar-refractivity contribution in [2.24, 2.45) is 10.9 Å². The maximum absolute atomic E-state index is 13.7. The van der Waals surface area contributed by atoms with Gasteiger partial charge in [-0.15, -0.1) is 0 Å². The number of halogens is 1. The molecular weight excluding hydrogens is 474 g/mol. The Hall–Kier alpha value is -2.46. The molecule has 2 heterocycles. The normalized spacial score (nSPS) is 25.6. The van der Waals surface area contributed by atoms with Crippen LogP contribution in [0.4, 0.5) is 0 Å². The molecule has 1 aromatic carbocycles. The standard InChI is InChI=1S/C25H32ClN3O6/c1-15-12-19(34-3)20-22(21(15)26)35-25(24(20)33)16(2)13-18(31)17(23(25)32)14-27-4-5-28-6-8-29(9-7-28)10-11-30/h12,14,16,30,32H,4-11,13H2,1-3H3/t16-,25+/m1/s1. The summed E-state index contributed by atoms with van der Waals surface area (Å²) in [4.78, 5) is 35.3. The summed E-state index contributed by atoms with van der Waals surface area (Å²) in [5.74, 6) is -1.32. The maximum Gasteiger partial charge on any atom is 0.231 e. The Bertz CT molecular complexity index is 1080. The van der Waals surface area contributed by atoms with Crippen LogP contribution in [0.5, 0.6) is 11.5 Å². The van der Waals surface area contributed by atoms with Crippen LogP contribution in [-0.2, 0) is 4.79 Å². The smallest absolute Gasteiger partial charge is 0.231 e. The van der Waals surface area contributed by atoms with Gasteiger partial charge in [0.2, 0.25) is 11.4 Å². The van der Waals surface area contributed by atoms with Crippen molar-refractivity contribution in [1.29, 1.82) is 0 Å². The van der Waals surface area contributed by atoms with Crippen molar-refractivity contribution < 1.29 is 29.3 Å². The second-order valence-electron chi connectivity index (χ2n) is 9.31.